The second-order valence-electron chi connectivity index (χ2n) is 2.65. The van der Waals surface area contributed by atoms with Crippen LogP contribution in [0, 0.1) is 0 Å². The van der Waals surface area contributed by atoms with Crippen molar-refractivity contribution >= 4 is 17.8 Å². The van der Waals surface area contributed by atoms with Crippen LogP contribution in [0.5, 0.6) is 0 Å². The molecule has 0 radical (unpaired) electrons. The SMILES string of the molecule is C=C/C=C\c1c(N)cccc1C=C. The predicted molar refractivity (Wildman–Crippen MR) is 60.2 cm³/mol. The maximum atomic E-state index is 5.80. The topological polar surface area (TPSA) is 26.0 Å². The van der Waals surface area contributed by atoms with Gasteiger partial charge in [-0.15, -0.1) is 0 Å². The van der Waals surface area contributed by atoms with E-state index in [1.54, 1.807) is 12.2 Å². The number of nitrogens with two attached hydrogens (primary N) is 1. The van der Waals surface area contributed by atoms with Gasteiger partial charge in [-0.2, -0.15) is 0 Å². The number of allylic oxidation sites excluding steroid dienone is 2. The highest BCUT2D eigenvalue weighted by Gasteiger charge is 1.97. The predicted octanol–water partition coefficient (Wildman–Crippen LogP) is 3.11. The van der Waals surface area contributed by atoms with E-state index >= 15 is 0 Å². The molecule has 0 aliphatic carbocycles. The lowest BCUT2D eigenvalue weighted by atomic mass is 10.1. The fourth-order valence-corrected chi connectivity index (χ4v) is 1.14. The van der Waals surface area contributed by atoms with Crippen molar-refractivity contribution in [3.8, 4) is 0 Å². The van der Waals surface area contributed by atoms with Crippen molar-refractivity contribution < 1.29 is 0 Å². The van der Waals surface area contributed by atoms with E-state index in [4.69, 9.17) is 5.73 Å². The zero-order valence-corrected chi connectivity index (χ0v) is 7.53. The normalized spacial score (nSPS) is 10.2. The van der Waals surface area contributed by atoms with Crippen LogP contribution in [0.3, 0.4) is 0 Å². The largest absolute Gasteiger partial charge is 0.398 e. The smallest absolute Gasteiger partial charge is 0.0393 e. The van der Waals surface area contributed by atoms with Gasteiger partial charge in [-0.3, -0.25) is 0 Å². The molecule has 0 bridgehead atoms. The molecule has 1 aromatic carbocycles. The Hall–Kier alpha value is -1.76. The van der Waals surface area contributed by atoms with E-state index in [0.29, 0.717) is 0 Å². The van der Waals surface area contributed by atoms with Gasteiger partial charge in [-0.25, -0.2) is 0 Å². The van der Waals surface area contributed by atoms with Crippen molar-refractivity contribution in [1.82, 2.24) is 0 Å². The minimum absolute atomic E-state index is 0.760. The first kappa shape index (κ1) is 9.33. The van der Waals surface area contributed by atoms with Crippen LogP contribution in [0.25, 0.3) is 12.2 Å². The molecule has 2 N–H and O–H groups in total. The van der Waals surface area contributed by atoms with Crippen molar-refractivity contribution in [2.45, 2.75) is 0 Å². The van der Waals surface area contributed by atoms with Crippen molar-refractivity contribution in [3.63, 3.8) is 0 Å². The number of hydrogen-bond donors (Lipinski definition) is 1. The number of benzene rings is 1. The lowest BCUT2D eigenvalue weighted by Gasteiger charge is -2.03. The standard InChI is InChI=1S/C12H13N/c1-3-5-8-11-10(4-2)7-6-9-12(11)13/h3-9H,1-2,13H2/b8-5-. The maximum absolute atomic E-state index is 5.80. The Morgan fingerprint density at radius 2 is 2.00 bits per heavy atom. The summed E-state index contributed by atoms with van der Waals surface area (Å²) in [6.07, 6.45) is 7.30. The molecule has 0 saturated carbocycles. The summed E-state index contributed by atoms with van der Waals surface area (Å²) in [6.45, 7) is 7.33. The Bertz CT molecular complexity index is 348. The van der Waals surface area contributed by atoms with E-state index in [1.807, 2.05) is 30.4 Å². The molecule has 0 aliphatic rings. The minimum atomic E-state index is 0.760. The van der Waals surface area contributed by atoms with Crippen LogP contribution in [0.1, 0.15) is 11.1 Å². The van der Waals surface area contributed by atoms with Crippen LogP contribution in [-0.2, 0) is 0 Å². The quantitative estimate of drug-likeness (QED) is 0.548. The van der Waals surface area contributed by atoms with Crippen LogP contribution in [0.4, 0.5) is 5.69 Å². The summed E-state index contributed by atoms with van der Waals surface area (Å²) in [4.78, 5) is 0. The molecule has 0 aliphatic heterocycles. The molecule has 0 unspecified atom stereocenters. The first-order chi connectivity index (χ1) is 6.29. The van der Waals surface area contributed by atoms with Crippen LogP contribution >= 0.6 is 0 Å². The third-order valence-electron chi connectivity index (χ3n) is 1.79. The molecule has 1 aromatic rings. The Morgan fingerprint density at radius 3 is 2.62 bits per heavy atom. The zero-order chi connectivity index (χ0) is 9.68. The van der Waals surface area contributed by atoms with Gasteiger partial charge in [0.1, 0.15) is 0 Å². The summed E-state index contributed by atoms with van der Waals surface area (Å²) in [5, 5.41) is 0. The fourth-order valence-electron chi connectivity index (χ4n) is 1.14. The Kier molecular flexibility index (Phi) is 3.09. The third kappa shape index (κ3) is 2.09. The van der Waals surface area contributed by atoms with Gasteiger partial charge in [0.2, 0.25) is 0 Å². The molecule has 1 heteroatoms. The highest BCUT2D eigenvalue weighted by atomic mass is 14.6. The van der Waals surface area contributed by atoms with Gasteiger partial charge in [0.05, 0.1) is 0 Å². The molecule has 0 fully saturated rings. The molecule has 1 rings (SSSR count). The Labute approximate surface area is 78.9 Å². The van der Waals surface area contributed by atoms with E-state index in [9.17, 15) is 0 Å². The molecule has 0 spiro atoms. The number of hydrogen-bond acceptors (Lipinski definition) is 1. The highest BCUT2D eigenvalue weighted by molar-refractivity contribution is 5.74. The van der Waals surface area contributed by atoms with Crippen molar-refractivity contribution in [2.24, 2.45) is 0 Å². The van der Waals surface area contributed by atoms with Crippen LogP contribution in [0.2, 0.25) is 0 Å². The van der Waals surface area contributed by atoms with E-state index in [1.165, 1.54) is 0 Å². The molecular formula is C12H13N. The maximum Gasteiger partial charge on any atom is 0.0393 e. The van der Waals surface area contributed by atoms with Gasteiger partial charge in [0.25, 0.3) is 0 Å². The summed E-state index contributed by atoms with van der Waals surface area (Å²) in [7, 11) is 0. The Balaban J connectivity index is 3.22. The highest BCUT2D eigenvalue weighted by Crippen LogP contribution is 2.19. The molecule has 0 atom stereocenters. The monoisotopic (exact) mass is 171 g/mol. The lowest BCUT2D eigenvalue weighted by molar-refractivity contribution is 1.60. The second-order valence-corrected chi connectivity index (χ2v) is 2.65. The van der Waals surface area contributed by atoms with Crippen molar-refractivity contribution in [2.75, 3.05) is 5.73 Å². The van der Waals surface area contributed by atoms with Crippen molar-refractivity contribution in [3.05, 3.63) is 54.6 Å². The summed E-state index contributed by atoms with van der Waals surface area (Å²) in [5.41, 5.74) is 8.60. The third-order valence-corrected chi connectivity index (χ3v) is 1.79. The van der Waals surface area contributed by atoms with Gasteiger partial charge in [-0.05, 0) is 11.6 Å². The van der Waals surface area contributed by atoms with Gasteiger partial charge < -0.3 is 5.73 Å². The molecule has 1 nitrogen and oxygen atoms in total. The Morgan fingerprint density at radius 1 is 1.23 bits per heavy atom. The van der Waals surface area contributed by atoms with E-state index < -0.39 is 0 Å². The van der Waals surface area contributed by atoms with E-state index in [-0.39, 0.29) is 0 Å². The number of rotatable bonds is 3. The molecule has 0 heterocycles. The molecule has 66 valence electrons. The van der Waals surface area contributed by atoms with Crippen molar-refractivity contribution in [1.29, 1.82) is 0 Å². The average Bonchev–Trinajstić information content (AvgIpc) is 2.15. The first-order valence-corrected chi connectivity index (χ1v) is 4.09. The summed E-state index contributed by atoms with van der Waals surface area (Å²) >= 11 is 0. The molecule has 0 saturated heterocycles. The summed E-state index contributed by atoms with van der Waals surface area (Å²) < 4.78 is 0. The summed E-state index contributed by atoms with van der Waals surface area (Å²) in [5.74, 6) is 0. The second kappa shape index (κ2) is 4.31. The molecule has 0 amide bonds. The first-order valence-electron chi connectivity index (χ1n) is 4.09. The fraction of sp³-hybridized carbons (Fsp3) is 0. The van der Waals surface area contributed by atoms with Crippen LogP contribution in [0.15, 0.2) is 43.5 Å². The minimum Gasteiger partial charge on any atom is -0.398 e. The van der Waals surface area contributed by atoms with E-state index in [0.717, 1.165) is 16.8 Å². The number of nitrogen functional groups attached to an aromatic ring is 1. The molecular weight excluding hydrogens is 158 g/mol. The molecule has 13 heavy (non-hydrogen) atoms. The zero-order valence-electron chi connectivity index (χ0n) is 7.53. The van der Waals surface area contributed by atoms with Gasteiger partial charge in [-0.1, -0.05) is 49.6 Å². The molecule has 0 aromatic heterocycles. The lowest BCUT2D eigenvalue weighted by Crippen LogP contribution is -1.91. The summed E-state index contributed by atoms with van der Waals surface area (Å²) in [6, 6.07) is 5.76. The van der Waals surface area contributed by atoms with Gasteiger partial charge in [0.15, 0.2) is 0 Å². The van der Waals surface area contributed by atoms with Crippen LogP contribution in [-0.4, -0.2) is 0 Å². The number of anilines is 1. The van der Waals surface area contributed by atoms with Gasteiger partial charge >= 0.3 is 0 Å². The van der Waals surface area contributed by atoms with E-state index in [2.05, 4.69) is 13.2 Å². The van der Waals surface area contributed by atoms with Gasteiger partial charge in [0, 0.05) is 11.3 Å². The average molecular weight is 171 g/mol. The van der Waals surface area contributed by atoms with Crippen LogP contribution < -0.4 is 5.73 Å².